The largest absolute Gasteiger partial charge is 0.374 e. The van der Waals surface area contributed by atoms with Crippen LogP contribution in [0.15, 0.2) is 54.7 Å². The summed E-state index contributed by atoms with van der Waals surface area (Å²) in [7, 11) is 0. The van der Waals surface area contributed by atoms with Crippen LogP contribution in [0.25, 0.3) is 22.4 Å². The Hall–Kier alpha value is -3.38. The summed E-state index contributed by atoms with van der Waals surface area (Å²) in [5.74, 6) is 1.80. The molecule has 1 aromatic carbocycles. The Bertz CT molecular complexity index is 1190. The first-order valence-corrected chi connectivity index (χ1v) is 10.6. The minimum atomic E-state index is 0.335. The number of nitrogens with one attached hydrogen (secondary N) is 1. The van der Waals surface area contributed by atoms with Gasteiger partial charge in [-0.2, -0.15) is 0 Å². The van der Waals surface area contributed by atoms with Gasteiger partial charge in [0.05, 0.1) is 16.8 Å². The highest BCUT2D eigenvalue weighted by atomic mass is 16.5. The number of aromatic nitrogens is 4. The number of nitrogens with zero attached hydrogens (tertiary/aromatic N) is 4. The van der Waals surface area contributed by atoms with Crippen molar-refractivity contribution < 1.29 is 4.74 Å². The molecule has 3 aromatic heterocycles. The van der Waals surface area contributed by atoms with Crippen molar-refractivity contribution >= 4 is 22.5 Å². The standard InChI is InChI=1S/C25H27N5O/c1-5-31-15-22-29-24(27-19-10-8-18(9-11-19)16(2)3)20-12-13-21(28-25(20)30-22)23-17(4)7-6-14-26-23/h6-14,16H,5,15H2,1-4H3,(H,27,28,29,30). The van der Waals surface area contributed by atoms with E-state index in [9.17, 15) is 0 Å². The number of aryl methyl sites for hydroxylation is 1. The van der Waals surface area contributed by atoms with E-state index in [0.717, 1.165) is 28.0 Å². The lowest BCUT2D eigenvalue weighted by molar-refractivity contribution is 0.128. The smallest absolute Gasteiger partial charge is 0.165 e. The van der Waals surface area contributed by atoms with E-state index in [-0.39, 0.29) is 0 Å². The fourth-order valence-corrected chi connectivity index (χ4v) is 3.38. The molecule has 6 nitrogen and oxygen atoms in total. The van der Waals surface area contributed by atoms with Gasteiger partial charge in [-0.25, -0.2) is 15.0 Å². The molecule has 4 aromatic rings. The molecule has 0 bridgehead atoms. The van der Waals surface area contributed by atoms with Gasteiger partial charge in [0.2, 0.25) is 0 Å². The third-order valence-corrected chi connectivity index (χ3v) is 5.13. The second-order valence-electron chi connectivity index (χ2n) is 7.76. The lowest BCUT2D eigenvalue weighted by Gasteiger charge is -2.13. The molecule has 0 saturated carbocycles. The lowest BCUT2D eigenvalue weighted by Crippen LogP contribution is -2.05. The van der Waals surface area contributed by atoms with E-state index in [2.05, 4.69) is 53.4 Å². The molecule has 0 unspecified atom stereocenters. The van der Waals surface area contributed by atoms with Crippen LogP contribution >= 0.6 is 0 Å². The Labute approximate surface area is 182 Å². The molecule has 0 spiro atoms. The third kappa shape index (κ3) is 4.70. The summed E-state index contributed by atoms with van der Waals surface area (Å²) in [5, 5.41) is 4.29. The van der Waals surface area contributed by atoms with Gasteiger partial charge in [0.15, 0.2) is 11.5 Å². The zero-order chi connectivity index (χ0) is 21.8. The van der Waals surface area contributed by atoms with Crippen molar-refractivity contribution in [3.05, 3.63) is 71.7 Å². The van der Waals surface area contributed by atoms with Crippen molar-refractivity contribution in [1.29, 1.82) is 0 Å². The van der Waals surface area contributed by atoms with Gasteiger partial charge in [0.25, 0.3) is 0 Å². The minimum Gasteiger partial charge on any atom is -0.374 e. The number of fused-ring (bicyclic) bond motifs is 1. The van der Waals surface area contributed by atoms with Gasteiger partial charge in [-0.05, 0) is 61.2 Å². The summed E-state index contributed by atoms with van der Waals surface area (Å²) in [5.41, 5.74) is 5.60. The summed E-state index contributed by atoms with van der Waals surface area (Å²) in [6.07, 6.45) is 1.78. The molecular weight excluding hydrogens is 386 g/mol. The van der Waals surface area contributed by atoms with Crippen molar-refractivity contribution in [1.82, 2.24) is 19.9 Å². The first-order valence-electron chi connectivity index (χ1n) is 10.6. The van der Waals surface area contributed by atoms with Crippen LogP contribution in [0, 0.1) is 6.92 Å². The molecule has 0 aliphatic rings. The zero-order valence-corrected chi connectivity index (χ0v) is 18.4. The van der Waals surface area contributed by atoms with Gasteiger partial charge in [-0.3, -0.25) is 4.98 Å². The minimum absolute atomic E-state index is 0.335. The zero-order valence-electron chi connectivity index (χ0n) is 18.4. The summed E-state index contributed by atoms with van der Waals surface area (Å²) >= 11 is 0. The second kappa shape index (κ2) is 9.18. The van der Waals surface area contributed by atoms with Crippen molar-refractivity contribution in [2.45, 2.75) is 40.2 Å². The number of anilines is 2. The van der Waals surface area contributed by atoms with Crippen molar-refractivity contribution in [2.24, 2.45) is 0 Å². The highest BCUT2D eigenvalue weighted by Gasteiger charge is 2.13. The first-order chi connectivity index (χ1) is 15.0. The SMILES string of the molecule is CCOCc1nc(Nc2ccc(C(C)C)cc2)c2ccc(-c3ncccc3C)nc2n1. The van der Waals surface area contributed by atoms with Crippen molar-refractivity contribution in [2.75, 3.05) is 11.9 Å². The quantitative estimate of drug-likeness (QED) is 0.413. The molecule has 0 fully saturated rings. The number of hydrogen-bond acceptors (Lipinski definition) is 6. The van der Waals surface area contributed by atoms with E-state index in [1.165, 1.54) is 5.56 Å². The van der Waals surface area contributed by atoms with E-state index in [0.29, 0.717) is 36.4 Å². The predicted molar refractivity (Wildman–Crippen MR) is 124 cm³/mol. The number of ether oxygens (including phenoxy) is 1. The fraction of sp³-hybridized carbons (Fsp3) is 0.280. The average molecular weight is 414 g/mol. The van der Waals surface area contributed by atoms with Gasteiger partial charge in [-0.15, -0.1) is 0 Å². The maximum Gasteiger partial charge on any atom is 0.165 e. The van der Waals surface area contributed by atoms with E-state index < -0.39 is 0 Å². The summed E-state index contributed by atoms with van der Waals surface area (Å²) in [4.78, 5) is 18.7. The Morgan fingerprint density at radius 2 is 1.77 bits per heavy atom. The molecule has 0 amide bonds. The van der Waals surface area contributed by atoms with Crippen LogP contribution in [0.2, 0.25) is 0 Å². The van der Waals surface area contributed by atoms with Crippen LogP contribution in [0.3, 0.4) is 0 Å². The normalized spacial score (nSPS) is 11.3. The molecule has 6 heteroatoms. The summed E-state index contributed by atoms with van der Waals surface area (Å²) in [6.45, 7) is 9.29. The molecular formula is C25H27N5O. The third-order valence-electron chi connectivity index (χ3n) is 5.13. The molecule has 3 heterocycles. The number of rotatable bonds is 7. The van der Waals surface area contributed by atoms with Crippen molar-refractivity contribution in [3.63, 3.8) is 0 Å². The Kier molecular flexibility index (Phi) is 6.18. The van der Waals surface area contributed by atoms with Crippen molar-refractivity contribution in [3.8, 4) is 11.4 Å². The molecule has 158 valence electrons. The average Bonchev–Trinajstić information content (AvgIpc) is 2.78. The first kappa shape index (κ1) is 20.9. The number of pyridine rings is 2. The van der Waals surface area contributed by atoms with Gasteiger partial charge in [-0.1, -0.05) is 32.0 Å². The Morgan fingerprint density at radius 3 is 2.48 bits per heavy atom. The van der Waals surface area contributed by atoms with Gasteiger partial charge < -0.3 is 10.1 Å². The number of benzene rings is 1. The highest BCUT2D eigenvalue weighted by Crippen LogP contribution is 2.27. The molecule has 0 radical (unpaired) electrons. The molecule has 0 atom stereocenters. The Morgan fingerprint density at radius 1 is 0.968 bits per heavy atom. The Balaban J connectivity index is 1.76. The molecule has 1 N–H and O–H groups in total. The predicted octanol–water partition coefficient (Wildman–Crippen LogP) is 5.80. The summed E-state index contributed by atoms with van der Waals surface area (Å²) < 4.78 is 5.56. The monoisotopic (exact) mass is 413 g/mol. The van der Waals surface area contributed by atoms with Crippen LogP contribution in [0.1, 0.15) is 43.6 Å². The van der Waals surface area contributed by atoms with E-state index in [1.807, 2.05) is 38.1 Å². The molecule has 0 aliphatic heterocycles. The van der Waals surface area contributed by atoms with E-state index in [4.69, 9.17) is 14.7 Å². The van der Waals surface area contributed by atoms with Gasteiger partial charge >= 0.3 is 0 Å². The van der Waals surface area contributed by atoms with Crippen LogP contribution in [0.5, 0.6) is 0 Å². The maximum absolute atomic E-state index is 5.56. The second-order valence-corrected chi connectivity index (χ2v) is 7.76. The van der Waals surface area contributed by atoms with E-state index >= 15 is 0 Å². The molecule has 0 aliphatic carbocycles. The van der Waals surface area contributed by atoms with Crippen LogP contribution in [-0.2, 0) is 11.3 Å². The summed E-state index contributed by atoms with van der Waals surface area (Å²) in [6, 6.07) is 16.3. The number of hydrogen-bond donors (Lipinski definition) is 1. The van der Waals surface area contributed by atoms with Gasteiger partial charge in [0, 0.05) is 18.5 Å². The van der Waals surface area contributed by atoms with Crippen LogP contribution < -0.4 is 5.32 Å². The lowest BCUT2D eigenvalue weighted by atomic mass is 10.0. The topological polar surface area (TPSA) is 72.8 Å². The molecule has 4 rings (SSSR count). The van der Waals surface area contributed by atoms with E-state index in [1.54, 1.807) is 6.20 Å². The molecule has 0 saturated heterocycles. The fourth-order valence-electron chi connectivity index (χ4n) is 3.38. The van der Waals surface area contributed by atoms with Gasteiger partial charge in [0.1, 0.15) is 12.4 Å². The maximum atomic E-state index is 5.56. The van der Waals surface area contributed by atoms with Crippen LogP contribution in [0.4, 0.5) is 11.5 Å². The molecule has 31 heavy (non-hydrogen) atoms. The highest BCUT2D eigenvalue weighted by molar-refractivity contribution is 5.90. The van der Waals surface area contributed by atoms with Crippen LogP contribution in [-0.4, -0.2) is 26.5 Å².